The van der Waals surface area contributed by atoms with Crippen molar-refractivity contribution in [2.24, 2.45) is 5.92 Å². The third-order valence-corrected chi connectivity index (χ3v) is 7.34. The van der Waals surface area contributed by atoms with Crippen molar-refractivity contribution in [3.05, 3.63) is 16.3 Å². The van der Waals surface area contributed by atoms with E-state index in [-0.39, 0.29) is 0 Å². The van der Waals surface area contributed by atoms with Gasteiger partial charge in [-0.25, -0.2) is 9.97 Å². The fourth-order valence-corrected chi connectivity index (χ4v) is 5.96. The van der Waals surface area contributed by atoms with E-state index in [2.05, 4.69) is 17.1 Å². The number of aromatic nitrogens is 2. The molecule has 2 aromatic heterocycles. The summed E-state index contributed by atoms with van der Waals surface area (Å²) in [5, 5.41) is 4.92. The van der Waals surface area contributed by atoms with E-state index >= 15 is 0 Å². The van der Waals surface area contributed by atoms with Gasteiger partial charge in [0, 0.05) is 31.1 Å². The zero-order chi connectivity index (χ0) is 18.9. The average Bonchev–Trinajstić information content (AvgIpc) is 3.34. The van der Waals surface area contributed by atoms with E-state index in [0.29, 0.717) is 6.10 Å². The number of hydrogen-bond acceptors (Lipinski definition) is 7. The molecule has 28 heavy (non-hydrogen) atoms. The Morgan fingerprint density at radius 2 is 2.07 bits per heavy atom. The molecule has 2 fully saturated rings. The Kier molecular flexibility index (Phi) is 5.50. The molecule has 0 amide bonds. The number of nitrogens with zero attached hydrogens (tertiary/aromatic N) is 3. The molecule has 7 heteroatoms. The maximum Gasteiger partial charge on any atom is 0.146 e. The molecule has 0 aromatic carbocycles. The van der Waals surface area contributed by atoms with Crippen molar-refractivity contribution < 1.29 is 9.47 Å². The predicted molar refractivity (Wildman–Crippen MR) is 112 cm³/mol. The highest BCUT2D eigenvalue weighted by Crippen LogP contribution is 2.40. The summed E-state index contributed by atoms with van der Waals surface area (Å²) in [6.07, 6.45) is 6.21. The number of nitrogens with one attached hydrogen (secondary N) is 1. The second-order valence-corrected chi connectivity index (χ2v) is 9.51. The van der Waals surface area contributed by atoms with Crippen LogP contribution < -0.4 is 5.32 Å². The molecule has 152 valence electrons. The molecule has 2 aliphatic heterocycles. The smallest absolute Gasteiger partial charge is 0.146 e. The topological polar surface area (TPSA) is 59.5 Å². The lowest BCUT2D eigenvalue weighted by Crippen LogP contribution is -2.36. The first-order valence-electron chi connectivity index (χ1n) is 10.7. The molecule has 1 aliphatic carbocycles. The molecule has 0 radical (unpaired) electrons. The van der Waals surface area contributed by atoms with E-state index in [1.54, 1.807) is 0 Å². The van der Waals surface area contributed by atoms with Crippen molar-refractivity contribution >= 4 is 27.4 Å². The average molecular weight is 403 g/mol. The molecule has 3 aliphatic rings. The Balaban J connectivity index is 1.46. The van der Waals surface area contributed by atoms with Gasteiger partial charge in [0.25, 0.3) is 0 Å². The van der Waals surface area contributed by atoms with E-state index < -0.39 is 0 Å². The van der Waals surface area contributed by atoms with Crippen LogP contribution in [0.25, 0.3) is 10.2 Å². The lowest BCUT2D eigenvalue weighted by atomic mass is 9.89. The van der Waals surface area contributed by atoms with Crippen molar-refractivity contribution in [1.82, 2.24) is 14.9 Å². The van der Waals surface area contributed by atoms with Gasteiger partial charge >= 0.3 is 0 Å². The Labute approximate surface area is 170 Å². The maximum atomic E-state index is 5.82. The van der Waals surface area contributed by atoms with Gasteiger partial charge < -0.3 is 14.8 Å². The predicted octanol–water partition coefficient (Wildman–Crippen LogP) is 3.24. The molecule has 5 rings (SSSR count). The van der Waals surface area contributed by atoms with E-state index in [0.717, 1.165) is 81.2 Å². The van der Waals surface area contributed by atoms with Crippen LogP contribution in [0.2, 0.25) is 0 Å². The number of hydrogen-bond donors (Lipinski definition) is 1. The minimum atomic E-state index is 0.308. The molecular weight excluding hydrogens is 372 g/mol. The summed E-state index contributed by atoms with van der Waals surface area (Å²) in [6.45, 7) is 8.40. The van der Waals surface area contributed by atoms with Gasteiger partial charge in [0.05, 0.1) is 31.2 Å². The van der Waals surface area contributed by atoms with Crippen molar-refractivity contribution in [2.75, 3.05) is 44.8 Å². The van der Waals surface area contributed by atoms with Crippen LogP contribution in [0, 0.1) is 5.92 Å². The number of ether oxygens (including phenoxy) is 2. The normalized spacial score (nSPS) is 25.9. The van der Waals surface area contributed by atoms with Crippen LogP contribution in [0.15, 0.2) is 0 Å². The van der Waals surface area contributed by atoms with E-state index in [1.165, 1.54) is 35.1 Å². The number of rotatable bonds is 5. The largest absolute Gasteiger partial charge is 0.379 e. The Bertz CT molecular complexity index is 827. The van der Waals surface area contributed by atoms with E-state index in [1.807, 2.05) is 11.3 Å². The minimum absolute atomic E-state index is 0.308. The first-order valence-corrected chi connectivity index (χ1v) is 11.5. The number of morpholine rings is 1. The Morgan fingerprint density at radius 1 is 1.18 bits per heavy atom. The van der Waals surface area contributed by atoms with E-state index in [9.17, 15) is 0 Å². The van der Waals surface area contributed by atoms with Gasteiger partial charge in [-0.2, -0.15) is 0 Å². The third kappa shape index (κ3) is 3.90. The second kappa shape index (κ2) is 8.22. The monoisotopic (exact) mass is 402 g/mol. The molecule has 0 unspecified atom stereocenters. The molecule has 1 N–H and O–H groups in total. The third-order valence-electron chi connectivity index (χ3n) is 6.19. The first-order chi connectivity index (χ1) is 13.8. The van der Waals surface area contributed by atoms with Gasteiger partial charge in [-0.15, -0.1) is 11.3 Å². The molecule has 4 heterocycles. The van der Waals surface area contributed by atoms with Gasteiger partial charge in [0.2, 0.25) is 0 Å². The van der Waals surface area contributed by atoms with Gasteiger partial charge in [0.15, 0.2) is 0 Å². The molecule has 0 saturated carbocycles. The quantitative estimate of drug-likeness (QED) is 0.829. The molecule has 2 atom stereocenters. The van der Waals surface area contributed by atoms with E-state index in [4.69, 9.17) is 19.4 Å². The summed E-state index contributed by atoms with van der Waals surface area (Å²) >= 11 is 1.89. The highest BCUT2D eigenvalue weighted by Gasteiger charge is 2.25. The summed E-state index contributed by atoms with van der Waals surface area (Å²) in [6, 6.07) is 0. The lowest BCUT2D eigenvalue weighted by Gasteiger charge is -2.26. The van der Waals surface area contributed by atoms with Crippen LogP contribution in [-0.4, -0.2) is 60.4 Å². The van der Waals surface area contributed by atoms with Gasteiger partial charge in [-0.1, -0.05) is 6.92 Å². The molecular formula is C21H30N4O2S. The van der Waals surface area contributed by atoms with Crippen LogP contribution in [0.1, 0.15) is 42.5 Å². The van der Waals surface area contributed by atoms with Gasteiger partial charge in [-0.05, 0) is 43.6 Å². The molecule has 0 bridgehead atoms. The summed E-state index contributed by atoms with van der Waals surface area (Å²) in [5.41, 5.74) is 1.49. The van der Waals surface area contributed by atoms with Crippen LogP contribution in [0.4, 0.5) is 5.82 Å². The SMILES string of the molecule is C[C@H]1CCc2c(sc3nc(CN4CCOCC4)nc(NC[C@@H]4CCCO4)c23)C1. The summed E-state index contributed by atoms with van der Waals surface area (Å²) in [4.78, 5) is 15.1. The van der Waals surface area contributed by atoms with Crippen LogP contribution >= 0.6 is 11.3 Å². The van der Waals surface area contributed by atoms with Crippen molar-refractivity contribution in [1.29, 1.82) is 0 Å². The standard InChI is InChI=1S/C21H30N4O2S/c1-14-4-5-16-17(11-14)28-21-19(16)20(22-12-15-3-2-8-27-15)23-18(24-21)13-25-6-9-26-10-7-25/h14-15H,2-13H2,1H3,(H,22,23,24)/t14-,15-/m0/s1. The maximum absolute atomic E-state index is 5.82. The van der Waals surface area contributed by atoms with Gasteiger partial charge in [-0.3, -0.25) is 4.90 Å². The number of fused-ring (bicyclic) bond motifs is 3. The molecule has 6 nitrogen and oxygen atoms in total. The number of aryl methyl sites for hydroxylation is 1. The Morgan fingerprint density at radius 3 is 2.89 bits per heavy atom. The molecule has 2 aromatic rings. The highest BCUT2D eigenvalue weighted by atomic mass is 32.1. The van der Waals surface area contributed by atoms with Crippen molar-refractivity contribution in [2.45, 2.75) is 51.7 Å². The lowest BCUT2D eigenvalue weighted by molar-refractivity contribution is 0.0331. The van der Waals surface area contributed by atoms with Crippen LogP contribution in [0.5, 0.6) is 0 Å². The summed E-state index contributed by atoms with van der Waals surface area (Å²) < 4.78 is 11.3. The number of anilines is 1. The molecule has 2 saturated heterocycles. The Hall–Kier alpha value is -1.28. The van der Waals surface area contributed by atoms with Crippen molar-refractivity contribution in [3.63, 3.8) is 0 Å². The highest BCUT2D eigenvalue weighted by molar-refractivity contribution is 7.19. The fourth-order valence-electron chi connectivity index (χ4n) is 4.56. The zero-order valence-electron chi connectivity index (χ0n) is 16.7. The second-order valence-electron chi connectivity index (χ2n) is 8.42. The zero-order valence-corrected chi connectivity index (χ0v) is 17.5. The summed E-state index contributed by atoms with van der Waals surface area (Å²) in [7, 11) is 0. The fraction of sp³-hybridized carbons (Fsp3) is 0.714. The van der Waals surface area contributed by atoms with Crippen LogP contribution in [-0.2, 0) is 28.9 Å². The number of thiophene rings is 1. The van der Waals surface area contributed by atoms with Crippen LogP contribution in [0.3, 0.4) is 0 Å². The summed E-state index contributed by atoms with van der Waals surface area (Å²) in [5.74, 6) is 2.72. The first kappa shape index (κ1) is 18.7. The minimum Gasteiger partial charge on any atom is -0.379 e. The molecule has 0 spiro atoms. The van der Waals surface area contributed by atoms with Crippen molar-refractivity contribution in [3.8, 4) is 0 Å². The van der Waals surface area contributed by atoms with Gasteiger partial charge in [0.1, 0.15) is 16.5 Å².